The average Bonchev–Trinajstić information content (AvgIpc) is 2.87. The molecule has 0 bridgehead atoms. The van der Waals surface area contributed by atoms with Gasteiger partial charge in [0.15, 0.2) is 23.0 Å². The average molecular weight is 480 g/mol. The second-order valence-electron chi connectivity index (χ2n) is 7.17. The van der Waals surface area contributed by atoms with Crippen LogP contribution in [0.3, 0.4) is 0 Å². The topological polar surface area (TPSA) is 104 Å². The zero-order valence-electron chi connectivity index (χ0n) is 20.3. The molecular weight excluding hydrogens is 450 g/mol. The number of unbranched alkanes of at least 4 members (excludes halogenated alkanes) is 1. The van der Waals surface area contributed by atoms with Crippen molar-refractivity contribution in [2.75, 3.05) is 27.4 Å². The van der Waals surface area contributed by atoms with Gasteiger partial charge in [-0.2, -0.15) is 5.26 Å². The molecule has 0 N–H and O–H groups in total. The molecule has 0 saturated heterocycles. The molecule has 0 aliphatic rings. The molecule has 0 amide bonds. The number of hydrogen-bond donors (Lipinski definition) is 0. The fourth-order valence-corrected chi connectivity index (χ4v) is 2.92. The van der Waals surface area contributed by atoms with Gasteiger partial charge in [0.1, 0.15) is 11.6 Å². The van der Waals surface area contributed by atoms with Crippen LogP contribution in [0.5, 0.6) is 23.0 Å². The van der Waals surface area contributed by atoms with Crippen LogP contribution in [0.25, 0.3) is 12.2 Å². The Kier molecular flexibility index (Phi) is 10.9. The Hall–Kier alpha value is -4.25. The van der Waals surface area contributed by atoms with E-state index < -0.39 is 11.9 Å². The number of nitrogens with zero attached hydrogens (tertiary/aromatic N) is 1. The Bertz CT molecular complexity index is 1130. The molecule has 0 unspecified atom stereocenters. The van der Waals surface area contributed by atoms with Crippen molar-refractivity contribution < 1.29 is 33.3 Å². The lowest BCUT2D eigenvalue weighted by Gasteiger charge is -2.12. The van der Waals surface area contributed by atoms with Crippen molar-refractivity contribution in [2.45, 2.75) is 26.7 Å². The number of benzene rings is 2. The van der Waals surface area contributed by atoms with E-state index in [4.69, 9.17) is 24.2 Å². The van der Waals surface area contributed by atoms with Crippen molar-refractivity contribution >= 4 is 24.1 Å². The minimum atomic E-state index is -0.750. The maximum Gasteiger partial charge on any atom is 0.348 e. The molecule has 8 nitrogen and oxygen atoms in total. The van der Waals surface area contributed by atoms with Gasteiger partial charge in [-0.1, -0.05) is 25.5 Å². The Morgan fingerprint density at radius 1 is 0.943 bits per heavy atom. The first-order valence-corrected chi connectivity index (χ1v) is 11.1. The van der Waals surface area contributed by atoms with Gasteiger partial charge in [0.25, 0.3) is 0 Å². The second-order valence-corrected chi connectivity index (χ2v) is 7.17. The third-order valence-electron chi connectivity index (χ3n) is 4.67. The normalized spacial score (nSPS) is 11.0. The highest BCUT2D eigenvalue weighted by molar-refractivity contribution is 5.98. The third kappa shape index (κ3) is 8.23. The summed E-state index contributed by atoms with van der Waals surface area (Å²) in [4.78, 5) is 24.0. The number of carbonyl (C=O) groups excluding carboxylic acids is 2. The molecule has 0 heterocycles. The number of carbonyl (C=O) groups is 2. The van der Waals surface area contributed by atoms with Gasteiger partial charge in [0.05, 0.1) is 27.4 Å². The van der Waals surface area contributed by atoms with E-state index in [2.05, 4.69) is 11.7 Å². The van der Waals surface area contributed by atoms with E-state index in [-0.39, 0.29) is 17.1 Å². The molecule has 0 aliphatic heterocycles. The van der Waals surface area contributed by atoms with Crippen LogP contribution in [-0.4, -0.2) is 39.4 Å². The van der Waals surface area contributed by atoms with Gasteiger partial charge in [-0.15, -0.1) is 0 Å². The molecule has 0 aliphatic carbocycles. The Morgan fingerprint density at radius 3 is 2.31 bits per heavy atom. The van der Waals surface area contributed by atoms with Crippen LogP contribution < -0.4 is 18.9 Å². The summed E-state index contributed by atoms with van der Waals surface area (Å²) in [6.07, 6.45) is 6.24. The first kappa shape index (κ1) is 27.0. The number of ether oxygens (including phenoxy) is 5. The molecule has 0 atom stereocenters. The van der Waals surface area contributed by atoms with Crippen molar-refractivity contribution in [3.05, 3.63) is 59.2 Å². The lowest BCUT2D eigenvalue weighted by molar-refractivity contribution is -0.135. The lowest BCUT2D eigenvalue weighted by atomic mass is 10.1. The van der Waals surface area contributed by atoms with Crippen LogP contribution in [0.1, 0.15) is 37.8 Å². The number of esters is 2. The maximum absolute atomic E-state index is 12.4. The molecular formula is C27H29NO7. The van der Waals surface area contributed by atoms with Gasteiger partial charge in [0.2, 0.25) is 0 Å². The zero-order valence-corrected chi connectivity index (χ0v) is 20.3. The number of methoxy groups -OCH3 is 2. The van der Waals surface area contributed by atoms with Crippen LogP contribution in [0, 0.1) is 11.3 Å². The molecule has 184 valence electrons. The van der Waals surface area contributed by atoms with E-state index in [1.54, 1.807) is 24.3 Å². The molecule has 2 aromatic carbocycles. The number of nitriles is 1. The summed E-state index contributed by atoms with van der Waals surface area (Å²) in [6.45, 7) is 5.08. The smallest absolute Gasteiger partial charge is 0.348 e. The Labute approximate surface area is 205 Å². The monoisotopic (exact) mass is 479 g/mol. The SMILES string of the molecule is CCCCOc1ccc(/C=C/C(=O)Oc2ccc(/C=C(\C#N)C(=O)OC)cc2OC)cc1OCC. The van der Waals surface area contributed by atoms with Crippen LogP contribution in [0.15, 0.2) is 48.0 Å². The van der Waals surface area contributed by atoms with Gasteiger partial charge >= 0.3 is 11.9 Å². The quantitative estimate of drug-likeness (QED) is 0.138. The summed E-state index contributed by atoms with van der Waals surface area (Å²) in [6, 6.07) is 11.8. The zero-order chi connectivity index (χ0) is 25.6. The highest BCUT2D eigenvalue weighted by Crippen LogP contribution is 2.31. The number of rotatable bonds is 12. The van der Waals surface area contributed by atoms with Crippen LogP contribution in [-0.2, 0) is 14.3 Å². The van der Waals surface area contributed by atoms with Crippen LogP contribution in [0.2, 0.25) is 0 Å². The summed E-state index contributed by atoms with van der Waals surface area (Å²) in [7, 11) is 2.61. The standard InChI is InChI=1S/C27H29NO7/c1-5-7-14-34-22-11-8-19(16-25(22)33-6-2)10-13-26(29)35-23-12-9-20(17-24(23)31-3)15-21(18-28)27(30)32-4/h8-13,15-17H,5-7,14H2,1-4H3/b13-10+,21-15+. The van der Waals surface area contributed by atoms with Crippen molar-refractivity contribution in [1.82, 2.24) is 0 Å². The molecule has 2 aromatic rings. The maximum atomic E-state index is 12.4. The van der Waals surface area contributed by atoms with Crippen LogP contribution >= 0.6 is 0 Å². The molecule has 0 saturated carbocycles. The molecule has 0 spiro atoms. The summed E-state index contributed by atoms with van der Waals surface area (Å²) in [5, 5.41) is 9.11. The molecule has 0 aromatic heterocycles. The molecule has 35 heavy (non-hydrogen) atoms. The summed E-state index contributed by atoms with van der Waals surface area (Å²) in [5.41, 5.74) is 1.08. The van der Waals surface area contributed by atoms with E-state index in [1.807, 2.05) is 19.1 Å². The third-order valence-corrected chi connectivity index (χ3v) is 4.67. The first-order chi connectivity index (χ1) is 16.9. The fourth-order valence-electron chi connectivity index (χ4n) is 2.92. The van der Waals surface area contributed by atoms with E-state index in [0.29, 0.717) is 30.3 Å². The molecule has 0 fully saturated rings. The summed E-state index contributed by atoms with van der Waals surface area (Å²) >= 11 is 0. The van der Waals surface area contributed by atoms with Gasteiger partial charge in [-0.05, 0) is 60.9 Å². The van der Waals surface area contributed by atoms with E-state index >= 15 is 0 Å². The summed E-state index contributed by atoms with van der Waals surface area (Å²) < 4.78 is 26.7. The fraction of sp³-hybridized carbons (Fsp3) is 0.296. The van der Waals surface area contributed by atoms with Crippen molar-refractivity contribution in [1.29, 1.82) is 5.26 Å². The van der Waals surface area contributed by atoms with E-state index in [9.17, 15) is 9.59 Å². The van der Waals surface area contributed by atoms with Gasteiger partial charge < -0.3 is 23.7 Å². The van der Waals surface area contributed by atoms with Gasteiger partial charge in [0, 0.05) is 6.08 Å². The lowest BCUT2D eigenvalue weighted by Crippen LogP contribution is -2.05. The highest BCUT2D eigenvalue weighted by atomic mass is 16.6. The molecule has 0 radical (unpaired) electrons. The van der Waals surface area contributed by atoms with E-state index in [0.717, 1.165) is 18.4 Å². The second kappa shape index (κ2) is 14.1. The predicted octanol–water partition coefficient (Wildman–Crippen LogP) is 4.97. The molecule has 2 rings (SSSR count). The minimum Gasteiger partial charge on any atom is -0.493 e. The van der Waals surface area contributed by atoms with Crippen molar-refractivity contribution in [3.63, 3.8) is 0 Å². The van der Waals surface area contributed by atoms with E-state index in [1.165, 1.54) is 38.5 Å². The van der Waals surface area contributed by atoms with Gasteiger partial charge in [-0.25, -0.2) is 9.59 Å². The number of hydrogen-bond acceptors (Lipinski definition) is 8. The van der Waals surface area contributed by atoms with Crippen molar-refractivity contribution in [3.8, 4) is 29.1 Å². The van der Waals surface area contributed by atoms with Gasteiger partial charge in [-0.3, -0.25) is 0 Å². The first-order valence-electron chi connectivity index (χ1n) is 11.1. The van der Waals surface area contributed by atoms with Crippen molar-refractivity contribution in [2.24, 2.45) is 0 Å². The summed E-state index contributed by atoms with van der Waals surface area (Å²) in [5.74, 6) is 0.347. The Morgan fingerprint density at radius 2 is 1.66 bits per heavy atom. The minimum absolute atomic E-state index is 0.171. The largest absolute Gasteiger partial charge is 0.493 e. The van der Waals surface area contributed by atoms with Crippen LogP contribution in [0.4, 0.5) is 0 Å². The predicted molar refractivity (Wildman–Crippen MR) is 131 cm³/mol. The highest BCUT2D eigenvalue weighted by Gasteiger charge is 2.12. The Balaban J connectivity index is 2.14. The molecule has 8 heteroatoms.